The fourth-order valence-electron chi connectivity index (χ4n) is 4.03. The molecule has 4 nitrogen and oxygen atoms in total. The number of rotatable bonds is 8. The van der Waals surface area contributed by atoms with Gasteiger partial charge in [0.05, 0.1) is 0 Å². The average Bonchev–Trinajstić information content (AvgIpc) is 2.96. The lowest BCUT2D eigenvalue weighted by Crippen LogP contribution is -2.50. The van der Waals surface area contributed by atoms with Crippen LogP contribution >= 0.6 is 0 Å². The van der Waals surface area contributed by atoms with E-state index in [1.165, 1.54) is 32.1 Å². The molecule has 122 valence electrons. The molecule has 21 heavy (non-hydrogen) atoms. The summed E-state index contributed by atoms with van der Waals surface area (Å²) in [6, 6.07) is 0.560. The fraction of sp³-hybridized carbons (Fsp3) is 0.941. The van der Waals surface area contributed by atoms with E-state index in [2.05, 4.69) is 17.1 Å². The number of nitrogens with one attached hydrogen (secondary N) is 1. The first-order valence-corrected chi connectivity index (χ1v) is 8.85. The Hall–Kier alpha value is -0.610. The van der Waals surface area contributed by atoms with Crippen LogP contribution in [0.1, 0.15) is 58.3 Å². The maximum Gasteiger partial charge on any atom is 0.303 e. The predicted octanol–water partition coefficient (Wildman–Crippen LogP) is 2.73. The zero-order valence-electron chi connectivity index (χ0n) is 13.5. The maximum absolute atomic E-state index is 10.8. The third-order valence-corrected chi connectivity index (χ3v) is 5.09. The Morgan fingerprint density at radius 2 is 2.00 bits per heavy atom. The van der Waals surface area contributed by atoms with Gasteiger partial charge < -0.3 is 15.3 Å². The van der Waals surface area contributed by atoms with Crippen LogP contribution in [-0.2, 0) is 4.79 Å². The van der Waals surface area contributed by atoms with Crippen LogP contribution < -0.4 is 5.32 Å². The molecule has 1 saturated heterocycles. The van der Waals surface area contributed by atoms with E-state index < -0.39 is 5.97 Å². The van der Waals surface area contributed by atoms with E-state index in [1.54, 1.807) is 0 Å². The van der Waals surface area contributed by atoms with E-state index in [9.17, 15) is 4.79 Å². The molecule has 0 radical (unpaired) electrons. The highest BCUT2D eigenvalue weighted by molar-refractivity contribution is 5.66. The van der Waals surface area contributed by atoms with Crippen LogP contribution in [0, 0.1) is 11.8 Å². The lowest BCUT2D eigenvalue weighted by molar-refractivity contribution is -0.137. The number of nitrogens with zero attached hydrogens (tertiary/aromatic N) is 1. The molecule has 2 rings (SSSR count). The molecule has 2 unspecified atom stereocenters. The molecule has 0 aromatic heterocycles. The van der Waals surface area contributed by atoms with E-state index in [0.29, 0.717) is 18.4 Å². The summed E-state index contributed by atoms with van der Waals surface area (Å²) in [5, 5.41) is 12.7. The number of carboxylic acid groups (broad SMARTS) is 1. The molecule has 1 aliphatic carbocycles. The van der Waals surface area contributed by atoms with Crippen LogP contribution in [0.3, 0.4) is 0 Å². The van der Waals surface area contributed by atoms with Gasteiger partial charge in [0.25, 0.3) is 0 Å². The van der Waals surface area contributed by atoms with Gasteiger partial charge in [-0.2, -0.15) is 0 Å². The molecular formula is C17H32N2O2. The third kappa shape index (κ3) is 5.95. The Bertz CT molecular complexity index is 316. The van der Waals surface area contributed by atoms with Crippen LogP contribution in [0.15, 0.2) is 0 Å². The summed E-state index contributed by atoms with van der Waals surface area (Å²) in [4.78, 5) is 13.3. The molecule has 0 bridgehead atoms. The summed E-state index contributed by atoms with van der Waals surface area (Å²) in [7, 11) is 0. The summed E-state index contributed by atoms with van der Waals surface area (Å²) in [6.45, 7) is 6.76. The Kier molecular flexibility index (Phi) is 6.97. The number of piperidine rings is 1. The van der Waals surface area contributed by atoms with Crippen LogP contribution in [0.4, 0.5) is 0 Å². The van der Waals surface area contributed by atoms with Crippen molar-refractivity contribution in [2.45, 2.75) is 64.3 Å². The lowest BCUT2D eigenvalue weighted by Gasteiger charge is -2.38. The molecule has 0 aromatic carbocycles. The second-order valence-electron chi connectivity index (χ2n) is 7.05. The van der Waals surface area contributed by atoms with E-state index in [-0.39, 0.29) is 0 Å². The molecule has 0 spiro atoms. The van der Waals surface area contributed by atoms with Gasteiger partial charge in [-0.3, -0.25) is 4.79 Å². The second-order valence-corrected chi connectivity index (χ2v) is 7.05. The van der Waals surface area contributed by atoms with Crippen molar-refractivity contribution >= 4 is 5.97 Å². The summed E-state index contributed by atoms with van der Waals surface area (Å²) in [6.07, 6.45) is 9.07. The normalized spacial score (nSPS) is 28.0. The van der Waals surface area contributed by atoms with Gasteiger partial charge in [-0.15, -0.1) is 0 Å². The number of hydrogen-bond donors (Lipinski definition) is 2. The number of aliphatic carboxylic acids is 1. The zero-order valence-corrected chi connectivity index (χ0v) is 13.5. The van der Waals surface area contributed by atoms with Crippen molar-refractivity contribution < 1.29 is 9.90 Å². The second kappa shape index (κ2) is 8.74. The molecule has 1 saturated carbocycles. The Morgan fingerprint density at radius 3 is 2.67 bits per heavy atom. The molecule has 0 aromatic rings. The first-order chi connectivity index (χ1) is 10.2. The molecule has 1 aliphatic heterocycles. The zero-order chi connectivity index (χ0) is 15.1. The summed E-state index contributed by atoms with van der Waals surface area (Å²) in [5.74, 6) is 0.768. The lowest BCUT2D eigenvalue weighted by atomic mass is 9.90. The smallest absolute Gasteiger partial charge is 0.303 e. The van der Waals surface area contributed by atoms with Gasteiger partial charge in [-0.1, -0.05) is 19.8 Å². The first-order valence-electron chi connectivity index (χ1n) is 8.85. The monoisotopic (exact) mass is 296 g/mol. The topological polar surface area (TPSA) is 52.6 Å². The highest BCUT2D eigenvalue weighted by Crippen LogP contribution is 2.25. The Balaban J connectivity index is 1.78. The van der Waals surface area contributed by atoms with E-state index in [1.807, 2.05) is 0 Å². The quantitative estimate of drug-likeness (QED) is 0.723. The largest absolute Gasteiger partial charge is 0.481 e. The van der Waals surface area contributed by atoms with E-state index in [4.69, 9.17) is 5.11 Å². The minimum atomic E-state index is -0.655. The van der Waals surface area contributed by atoms with Gasteiger partial charge in [0.1, 0.15) is 0 Å². The van der Waals surface area contributed by atoms with Gasteiger partial charge in [-0.25, -0.2) is 0 Å². The molecule has 2 aliphatic rings. The number of hydrogen-bond acceptors (Lipinski definition) is 3. The summed E-state index contributed by atoms with van der Waals surface area (Å²) in [5.41, 5.74) is 0. The highest BCUT2D eigenvalue weighted by Gasteiger charge is 2.27. The first kappa shape index (κ1) is 16.8. The molecule has 2 N–H and O–H groups in total. The maximum atomic E-state index is 10.8. The van der Waals surface area contributed by atoms with E-state index in [0.717, 1.165) is 44.9 Å². The van der Waals surface area contributed by atoms with Crippen molar-refractivity contribution in [3.8, 4) is 0 Å². The fourth-order valence-corrected chi connectivity index (χ4v) is 4.03. The SMILES string of the molecule is CCCN1CC(CCC(=O)O)CC(NCC2CCCC2)C1. The van der Waals surface area contributed by atoms with Gasteiger partial charge in [-0.05, 0) is 57.0 Å². The highest BCUT2D eigenvalue weighted by atomic mass is 16.4. The van der Waals surface area contributed by atoms with Crippen LogP contribution in [-0.4, -0.2) is 48.2 Å². The van der Waals surface area contributed by atoms with Gasteiger partial charge in [0.15, 0.2) is 0 Å². The van der Waals surface area contributed by atoms with Gasteiger partial charge in [0.2, 0.25) is 0 Å². The van der Waals surface area contributed by atoms with Crippen molar-refractivity contribution in [3.63, 3.8) is 0 Å². The van der Waals surface area contributed by atoms with Crippen molar-refractivity contribution in [2.24, 2.45) is 11.8 Å². The number of carboxylic acids is 1. The minimum absolute atomic E-state index is 0.319. The molecule has 4 heteroatoms. The Labute approximate surface area is 129 Å². The molecular weight excluding hydrogens is 264 g/mol. The standard InChI is InChI=1S/C17H32N2O2/c1-2-9-19-12-15(7-8-17(20)21)10-16(13-19)18-11-14-5-3-4-6-14/h14-16,18H,2-13H2,1H3,(H,20,21). The summed E-state index contributed by atoms with van der Waals surface area (Å²) < 4.78 is 0. The van der Waals surface area contributed by atoms with Crippen molar-refractivity contribution in [2.75, 3.05) is 26.2 Å². The van der Waals surface area contributed by atoms with Crippen LogP contribution in [0.25, 0.3) is 0 Å². The Morgan fingerprint density at radius 1 is 1.24 bits per heavy atom. The molecule has 1 heterocycles. The minimum Gasteiger partial charge on any atom is -0.481 e. The van der Waals surface area contributed by atoms with Crippen molar-refractivity contribution in [3.05, 3.63) is 0 Å². The van der Waals surface area contributed by atoms with Gasteiger partial charge >= 0.3 is 5.97 Å². The average molecular weight is 296 g/mol. The van der Waals surface area contributed by atoms with Crippen molar-refractivity contribution in [1.29, 1.82) is 0 Å². The number of carbonyl (C=O) groups is 1. The third-order valence-electron chi connectivity index (χ3n) is 5.09. The van der Waals surface area contributed by atoms with E-state index >= 15 is 0 Å². The molecule has 0 amide bonds. The molecule has 2 atom stereocenters. The van der Waals surface area contributed by atoms with Crippen LogP contribution in [0.5, 0.6) is 0 Å². The van der Waals surface area contributed by atoms with Gasteiger partial charge in [0, 0.05) is 25.6 Å². The van der Waals surface area contributed by atoms with Crippen LogP contribution in [0.2, 0.25) is 0 Å². The molecule has 2 fully saturated rings. The number of likely N-dealkylation sites (tertiary alicyclic amines) is 1. The summed E-state index contributed by atoms with van der Waals surface area (Å²) >= 11 is 0. The van der Waals surface area contributed by atoms with Crippen molar-refractivity contribution in [1.82, 2.24) is 10.2 Å². The predicted molar refractivity (Wildman–Crippen MR) is 85.5 cm³/mol.